The van der Waals surface area contributed by atoms with Crippen LogP contribution in [0.25, 0.3) is 0 Å². The van der Waals surface area contributed by atoms with Crippen molar-refractivity contribution in [2.75, 3.05) is 19.6 Å². The van der Waals surface area contributed by atoms with Gasteiger partial charge in [0, 0.05) is 12.1 Å². The number of alkyl halides is 3. The van der Waals surface area contributed by atoms with E-state index in [1.807, 2.05) is 0 Å². The van der Waals surface area contributed by atoms with Crippen LogP contribution >= 0.6 is 0 Å². The van der Waals surface area contributed by atoms with E-state index in [0.717, 1.165) is 25.6 Å². The molecular formula is C15H22F4N2. The molecule has 0 saturated carbocycles. The first-order valence-electron chi connectivity index (χ1n) is 7.08. The van der Waals surface area contributed by atoms with E-state index in [0.29, 0.717) is 12.5 Å². The van der Waals surface area contributed by atoms with Gasteiger partial charge < -0.3 is 10.6 Å². The number of benzene rings is 1. The summed E-state index contributed by atoms with van der Waals surface area (Å²) < 4.78 is 51.4. The van der Waals surface area contributed by atoms with Crippen LogP contribution in [0.4, 0.5) is 17.6 Å². The maximum Gasteiger partial charge on any atom is 0.419 e. The molecule has 2 N–H and O–H groups in total. The van der Waals surface area contributed by atoms with Crippen LogP contribution < -0.4 is 10.6 Å². The molecular weight excluding hydrogens is 284 g/mol. The van der Waals surface area contributed by atoms with Crippen molar-refractivity contribution in [2.45, 2.75) is 33.0 Å². The van der Waals surface area contributed by atoms with Gasteiger partial charge in [-0.2, -0.15) is 13.2 Å². The van der Waals surface area contributed by atoms with Gasteiger partial charge in [0.1, 0.15) is 5.82 Å². The lowest BCUT2D eigenvalue weighted by molar-refractivity contribution is -0.140. The first-order chi connectivity index (χ1) is 9.82. The lowest BCUT2D eigenvalue weighted by atomic mass is 10.1. The third kappa shape index (κ3) is 6.44. The molecule has 120 valence electrons. The zero-order chi connectivity index (χ0) is 15.9. The van der Waals surface area contributed by atoms with Crippen LogP contribution in [0.3, 0.4) is 0 Å². The first-order valence-corrected chi connectivity index (χ1v) is 7.08. The van der Waals surface area contributed by atoms with E-state index in [9.17, 15) is 17.6 Å². The molecule has 0 heterocycles. The van der Waals surface area contributed by atoms with Gasteiger partial charge in [0.05, 0.1) is 5.56 Å². The lowest BCUT2D eigenvalue weighted by Gasteiger charge is -2.12. The largest absolute Gasteiger partial charge is 0.419 e. The SMILES string of the molecule is CC(C)CNCCCNCc1cccc(C(F)(F)F)c1F. The van der Waals surface area contributed by atoms with Gasteiger partial charge in [-0.25, -0.2) is 4.39 Å². The Hall–Kier alpha value is -1.14. The monoisotopic (exact) mass is 306 g/mol. The fourth-order valence-corrected chi connectivity index (χ4v) is 1.89. The van der Waals surface area contributed by atoms with Gasteiger partial charge in [-0.3, -0.25) is 0 Å². The number of rotatable bonds is 8. The van der Waals surface area contributed by atoms with E-state index in [1.165, 1.54) is 12.1 Å². The van der Waals surface area contributed by atoms with E-state index in [1.54, 1.807) is 0 Å². The Morgan fingerprint density at radius 1 is 1.10 bits per heavy atom. The fourth-order valence-electron chi connectivity index (χ4n) is 1.89. The van der Waals surface area contributed by atoms with Crippen molar-refractivity contribution in [3.05, 3.63) is 35.1 Å². The third-order valence-electron chi connectivity index (χ3n) is 2.96. The topological polar surface area (TPSA) is 24.1 Å². The molecule has 1 aromatic rings. The number of hydrogen-bond acceptors (Lipinski definition) is 2. The van der Waals surface area contributed by atoms with Gasteiger partial charge in [0.25, 0.3) is 0 Å². The predicted molar refractivity (Wildman–Crippen MR) is 75.4 cm³/mol. The number of halogens is 4. The molecule has 0 atom stereocenters. The molecule has 1 rings (SSSR count). The van der Waals surface area contributed by atoms with E-state index < -0.39 is 17.6 Å². The quantitative estimate of drug-likeness (QED) is 0.567. The van der Waals surface area contributed by atoms with Crippen LogP contribution in [0.5, 0.6) is 0 Å². The highest BCUT2D eigenvalue weighted by atomic mass is 19.4. The Kier molecular flexibility index (Phi) is 7.11. The average molecular weight is 306 g/mol. The predicted octanol–water partition coefficient (Wildman–Crippen LogP) is 3.57. The van der Waals surface area contributed by atoms with Gasteiger partial charge >= 0.3 is 6.18 Å². The van der Waals surface area contributed by atoms with Gasteiger partial charge in [-0.1, -0.05) is 26.0 Å². The second kappa shape index (κ2) is 8.34. The van der Waals surface area contributed by atoms with Crippen LogP contribution in [0, 0.1) is 11.7 Å². The Morgan fingerprint density at radius 2 is 1.76 bits per heavy atom. The normalized spacial score (nSPS) is 12.1. The van der Waals surface area contributed by atoms with Crippen molar-refractivity contribution in [1.82, 2.24) is 10.6 Å². The van der Waals surface area contributed by atoms with Gasteiger partial charge in [0.2, 0.25) is 0 Å². The average Bonchev–Trinajstić information content (AvgIpc) is 2.37. The summed E-state index contributed by atoms with van der Waals surface area (Å²) >= 11 is 0. The van der Waals surface area contributed by atoms with Crippen molar-refractivity contribution in [3.63, 3.8) is 0 Å². The summed E-state index contributed by atoms with van der Waals surface area (Å²) in [4.78, 5) is 0. The molecule has 0 fully saturated rings. The lowest BCUT2D eigenvalue weighted by Crippen LogP contribution is -2.25. The molecule has 2 nitrogen and oxygen atoms in total. The summed E-state index contributed by atoms with van der Waals surface area (Å²) in [5, 5.41) is 6.22. The van der Waals surface area contributed by atoms with Crippen LogP contribution in [0.2, 0.25) is 0 Å². The van der Waals surface area contributed by atoms with E-state index in [4.69, 9.17) is 0 Å². The van der Waals surface area contributed by atoms with Crippen LogP contribution in [-0.4, -0.2) is 19.6 Å². The maximum atomic E-state index is 13.7. The Labute approximate surface area is 122 Å². The van der Waals surface area contributed by atoms with Gasteiger partial charge in [-0.05, 0) is 38.0 Å². The van der Waals surface area contributed by atoms with E-state index >= 15 is 0 Å². The van der Waals surface area contributed by atoms with E-state index in [2.05, 4.69) is 24.5 Å². The molecule has 0 bridgehead atoms. The van der Waals surface area contributed by atoms with E-state index in [-0.39, 0.29) is 12.1 Å². The molecule has 6 heteroatoms. The van der Waals surface area contributed by atoms with Gasteiger partial charge in [0.15, 0.2) is 0 Å². The highest BCUT2D eigenvalue weighted by molar-refractivity contribution is 5.28. The van der Waals surface area contributed by atoms with Crippen molar-refractivity contribution >= 4 is 0 Å². The van der Waals surface area contributed by atoms with Gasteiger partial charge in [-0.15, -0.1) is 0 Å². The highest BCUT2D eigenvalue weighted by Crippen LogP contribution is 2.32. The minimum atomic E-state index is -4.65. The van der Waals surface area contributed by atoms with Crippen LogP contribution in [0.15, 0.2) is 18.2 Å². The van der Waals surface area contributed by atoms with Crippen molar-refractivity contribution in [3.8, 4) is 0 Å². The maximum absolute atomic E-state index is 13.7. The summed E-state index contributed by atoms with van der Waals surface area (Å²) in [6.45, 7) is 6.71. The number of hydrogen-bond donors (Lipinski definition) is 2. The highest BCUT2D eigenvalue weighted by Gasteiger charge is 2.34. The summed E-state index contributed by atoms with van der Waals surface area (Å²) in [6, 6.07) is 3.36. The molecule has 0 spiro atoms. The molecule has 0 aliphatic carbocycles. The molecule has 1 aromatic carbocycles. The molecule has 0 unspecified atom stereocenters. The minimum absolute atomic E-state index is 0.0416. The first kappa shape index (κ1) is 17.9. The molecule has 21 heavy (non-hydrogen) atoms. The smallest absolute Gasteiger partial charge is 0.316 e. The molecule has 0 saturated heterocycles. The van der Waals surface area contributed by atoms with Crippen LogP contribution in [0.1, 0.15) is 31.4 Å². The summed E-state index contributed by atoms with van der Waals surface area (Å²) in [7, 11) is 0. The molecule has 0 aromatic heterocycles. The zero-order valence-corrected chi connectivity index (χ0v) is 12.4. The minimum Gasteiger partial charge on any atom is -0.316 e. The molecule has 0 amide bonds. The second-order valence-corrected chi connectivity index (χ2v) is 5.40. The van der Waals surface area contributed by atoms with Crippen molar-refractivity contribution < 1.29 is 17.6 Å². The molecule has 0 aliphatic rings. The Bertz CT molecular complexity index is 430. The standard InChI is InChI=1S/C15H22F4N2/c1-11(2)9-20-7-4-8-21-10-12-5-3-6-13(14(12)16)15(17,18)19/h3,5-6,11,20-21H,4,7-10H2,1-2H3. The Balaban J connectivity index is 2.36. The second-order valence-electron chi connectivity index (χ2n) is 5.40. The third-order valence-corrected chi connectivity index (χ3v) is 2.96. The Morgan fingerprint density at radius 3 is 2.38 bits per heavy atom. The zero-order valence-electron chi connectivity index (χ0n) is 12.4. The summed E-state index contributed by atoms with van der Waals surface area (Å²) in [5.41, 5.74) is -1.17. The van der Waals surface area contributed by atoms with Crippen molar-refractivity contribution in [2.24, 2.45) is 5.92 Å². The fraction of sp³-hybridized carbons (Fsp3) is 0.600. The summed E-state index contributed by atoms with van der Waals surface area (Å²) in [5.74, 6) is -0.604. The molecule has 0 radical (unpaired) electrons. The summed E-state index contributed by atoms with van der Waals surface area (Å²) in [6.07, 6.45) is -3.81. The molecule has 0 aliphatic heterocycles. The number of nitrogens with one attached hydrogen (secondary N) is 2. The van der Waals surface area contributed by atoms with Crippen LogP contribution in [-0.2, 0) is 12.7 Å². The van der Waals surface area contributed by atoms with Crippen molar-refractivity contribution in [1.29, 1.82) is 0 Å².